The Hall–Kier alpha value is -3.46. The molecule has 8 nitrogen and oxygen atoms in total. The summed E-state index contributed by atoms with van der Waals surface area (Å²) in [5.74, 6) is 1.30. The monoisotopic (exact) mass is 444 g/mol. The summed E-state index contributed by atoms with van der Waals surface area (Å²) in [6.45, 7) is 1.94. The van der Waals surface area contributed by atoms with E-state index in [4.69, 9.17) is 13.3 Å². The number of nitrogens with zero attached hydrogens (tertiary/aromatic N) is 1. The second kappa shape index (κ2) is 10.0. The van der Waals surface area contributed by atoms with Crippen molar-refractivity contribution in [3.8, 4) is 11.5 Å². The standard InChI is InChI=1S/C22H24N2O6S/c1-3-31(26,27)30-20-10-4-7-17(13-20)15-24(16-21-11-6-12-29-21)22(25)23-18-8-5-9-19(14-18)28-2/h4-14H,3,15-16H2,1-2H3,(H,23,25). The SMILES string of the molecule is CCS(=O)(=O)Oc1cccc(CN(Cc2ccco2)C(=O)Nc2cccc(OC)c2)c1. The Kier molecular flexibility index (Phi) is 7.19. The summed E-state index contributed by atoms with van der Waals surface area (Å²) in [5.41, 5.74) is 1.29. The number of methoxy groups -OCH3 is 1. The van der Waals surface area contributed by atoms with Crippen molar-refractivity contribution in [1.82, 2.24) is 4.90 Å². The van der Waals surface area contributed by atoms with Crippen LogP contribution in [-0.2, 0) is 23.2 Å². The molecule has 0 aliphatic carbocycles. The van der Waals surface area contributed by atoms with Crippen molar-refractivity contribution < 1.29 is 26.5 Å². The first-order valence-electron chi connectivity index (χ1n) is 9.62. The highest BCUT2D eigenvalue weighted by Crippen LogP contribution is 2.21. The number of hydrogen-bond acceptors (Lipinski definition) is 6. The second-order valence-electron chi connectivity index (χ2n) is 6.67. The number of ether oxygens (including phenoxy) is 1. The third-order valence-corrected chi connectivity index (χ3v) is 5.54. The van der Waals surface area contributed by atoms with Gasteiger partial charge in [-0.25, -0.2) is 4.79 Å². The molecule has 0 atom stereocenters. The molecule has 3 aromatic rings. The van der Waals surface area contributed by atoms with Gasteiger partial charge in [0.25, 0.3) is 0 Å². The van der Waals surface area contributed by atoms with Crippen LogP contribution < -0.4 is 14.2 Å². The predicted molar refractivity (Wildman–Crippen MR) is 116 cm³/mol. The van der Waals surface area contributed by atoms with Gasteiger partial charge in [0.15, 0.2) is 0 Å². The number of anilines is 1. The molecule has 1 aromatic heterocycles. The summed E-state index contributed by atoms with van der Waals surface area (Å²) < 4.78 is 39.2. The van der Waals surface area contributed by atoms with Crippen LogP contribution in [0.1, 0.15) is 18.2 Å². The minimum absolute atomic E-state index is 0.134. The summed E-state index contributed by atoms with van der Waals surface area (Å²) in [5, 5.41) is 2.85. The van der Waals surface area contributed by atoms with Crippen molar-refractivity contribution >= 4 is 21.8 Å². The van der Waals surface area contributed by atoms with Crippen molar-refractivity contribution in [1.29, 1.82) is 0 Å². The Bertz CT molecular complexity index is 1110. The van der Waals surface area contributed by atoms with Crippen LogP contribution in [0.4, 0.5) is 10.5 Å². The van der Waals surface area contributed by atoms with E-state index >= 15 is 0 Å². The summed E-state index contributed by atoms with van der Waals surface area (Å²) >= 11 is 0. The molecule has 2 aromatic carbocycles. The van der Waals surface area contributed by atoms with E-state index in [1.165, 1.54) is 13.2 Å². The number of amides is 2. The average Bonchev–Trinajstić information content (AvgIpc) is 3.26. The molecule has 2 amide bonds. The number of carbonyl (C=O) groups is 1. The number of hydrogen-bond donors (Lipinski definition) is 1. The molecule has 0 aliphatic rings. The number of rotatable bonds is 9. The van der Waals surface area contributed by atoms with Gasteiger partial charge < -0.3 is 23.6 Å². The lowest BCUT2D eigenvalue weighted by atomic mass is 10.2. The molecule has 0 bridgehead atoms. The van der Waals surface area contributed by atoms with E-state index in [2.05, 4.69) is 5.32 Å². The number of nitrogens with one attached hydrogen (secondary N) is 1. The van der Waals surface area contributed by atoms with Crippen molar-refractivity contribution in [3.63, 3.8) is 0 Å². The fraction of sp³-hybridized carbons (Fsp3) is 0.227. The summed E-state index contributed by atoms with van der Waals surface area (Å²) in [6, 6.07) is 16.8. The van der Waals surface area contributed by atoms with Crippen LogP contribution in [0.25, 0.3) is 0 Å². The smallest absolute Gasteiger partial charge is 0.322 e. The lowest BCUT2D eigenvalue weighted by Crippen LogP contribution is -2.34. The largest absolute Gasteiger partial charge is 0.497 e. The van der Waals surface area contributed by atoms with Crippen molar-refractivity contribution in [3.05, 3.63) is 78.3 Å². The molecule has 0 fully saturated rings. The van der Waals surface area contributed by atoms with Gasteiger partial charge in [0.2, 0.25) is 0 Å². The molecule has 0 aliphatic heterocycles. The third kappa shape index (κ3) is 6.51. The number of benzene rings is 2. The third-order valence-electron chi connectivity index (χ3n) is 4.38. The molecule has 164 valence electrons. The maximum absolute atomic E-state index is 13.0. The van der Waals surface area contributed by atoms with Crippen LogP contribution in [0.15, 0.2) is 71.3 Å². The zero-order chi connectivity index (χ0) is 22.3. The predicted octanol–water partition coefficient (Wildman–Crippen LogP) is 4.25. The quantitative estimate of drug-likeness (QED) is 0.496. The number of furan rings is 1. The van der Waals surface area contributed by atoms with Crippen LogP contribution in [-0.4, -0.2) is 32.2 Å². The van der Waals surface area contributed by atoms with Gasteiger partial charge in [-0.2, -0.15) is 8.42 Å². The summed E-state index contributed by atoms with van der Waals surface area (Å²) in [6.07, 6.45) is 1.54. The molecule has 1 N–H and O–H groups in total. The Morgan fingerprint density at radius 2 is 1.81 bits per heavy atom. The Morgan fingerprint density at radius 1 is 1.03 bits per heavy atom. The number of carbonyl (C=O) groups excluding carboxylic acids is 1. The Morgan fingerprint density at radius 3 is 2.52 bits per heavy atom. The highest BCUT2D eigenvalue weighted by Gasteiger charge is 2.18. The van der Waals surface area contributed by atoms with Gasteiger partial charge in [-0.1, -0.05) is 18.2 Å². The van der Waals surface area contributed by atoms with Crippen LogP contribution >= 0.6 is 0 Å². The minimum atomic E-state index is -3.64. The van der Waals surface area contributed by atoms with Gasteiger partial charge in [0.05, 0.1) is 25.7 Å². The zero-order valence-electron chi connectivity index (χ0n) is 17.3. The Balaban J connectivity index is 1.79. The van der Waals surface area contributed by atoms with E-state index in [-0.39, 0.29) is 30.6 Å². The highest BCUT2D eigenvalue weighted by molar-refractivity contribution is 7.87. The minimum Gasteiger partial charge on any atom is -0.497 e. The van der Waals surface area contributed by atoms with Crippen LogP contribution in [0, 0.1) is 0 Å². The second-order valence-corrected chi connectivity index (χ2v) is 8.53. The maximum Gasteiger partial charge on any atom is 0.322 e. The Labute approximate surface area is 181 Å². The zero-order valence-corrected chi connectivity index (χ0v) is 18.1. The van der Waals surface area contributed by atoms with E-state index < -0.39 is 10.1 Å². The molecule has 0 saturated heterocycles. The normalized spacial score (nSPS) is 11.0. The average molecular weight is 445 g/mol. The van der Waals surface area contributed by atoms with Crippen LogP contribution in [0.5, 0.6) is 11.5 Å². The molecule has 0 spiro atoms. The van der Waals surface area contributed by atoms with Gasteiger partial charge in [-0.3, -0.25) is 0 Å². The van der Waals surface area contributed by atoms with E-state index in [0.717, 1.165) is 0 Å². The molecule has 0 unspecified atom stereocenters. The van der Waals surface area contributed by atoms with Crippen LogP contribution in [0.3, 0.4) is 0 Å². The van der Waals surface area contributed by atoms with Gasteiger partial charge in [-0.05, 0) is 48.9 Å². The first-order valence-corrected chi connectivity index (χ1v) is 11.2. The van der Waals surface area contributed by atoms with Crippen molar-refractivity contribution in [2.45, 2.75) is 20.0 Å². The molecule has 3 rings (SSSR count). The van der Waals surface area contributed by atoms with E-state index in [1.54, 1.807) is 72.7 Å². The van der Waals surface area contributed by atoms with E-state index in [1.807, 2.05) is 0 Å². The summed E-state index contributed by atoms with van der Waals surface area (Å²) in [7, 11) is -2.09. The van der Waals surface area contributed by atoms with E-state index in [9.17, 15) is 13.2 Å². The first kappa shape index (κ1) is 22.2. The van der Waals surface area contributed by atoms with Crippen molar-refractivity contribution in [2.75, 3.05) is 18.2 Å². The molecular weight excluding hydrogens is 420 g/mol. The lowest BCUT2D eigenvalue weighted by molar-refractivity contribution is 0.201. The fourth-order valence-corrected chi connectivity index (χ4v) is 3.33. The fourth-order valence-electron chi connectivity index (χ4n) is 2.82. The molecule has 1 heterocycles. The van der Waals surface area contributed by atoms with Gasteiger partial charge in [-0.15, -0.1) is 0 Å². The van der Waals surface area contributed by atoms with Gasteiger partial charge >= 0.3 is 16.1 Å². The van der Waals surface area contributed by atoms with E-state index in [0.29, 0.717) is 22.8 Å². The molecular formula is C22H24N2O6S. The highest BCUT2D eigenvalue weighted by atomic mass is 32.2. The number of urea groups is 1. The molecule has 31 heavy (non-hydrogen) atoms. The molecule has 0 saturated carbocycles. The van der Waals surface area contributed by atoms with Gasteiger partial charge in [0, 0.05) is 18.3 Å². The lowest BCUT2D eigenvalue weighted by Gasteiger charge is -2.23. The van der Waals surface area contributed by atoms with Gasteiger partial charge in [0.1, 0.15) is 17.3 Å². The maximum atomic E-state index is 13.0. The topological polar surface area (TPSA) is 98.1 Å². The van der Waals surface area contributed by atoms with Crippen LogP contribution in [0.2, 0.25) is 0 Å². The first-order chi connectivity index (χ1) is 14.9. The van der Waals surface area contributed by atoms with Crippen molar-refractivity contribution in [2.24, 2.45) is 0 Å². The molecule has 0 radical (unpaired) electrons. The summed E-state index contributed by atoms with van der Waals surface area (Å²) in [4.78, 5) is 14.6. The molecule has 9 heteroatoms.